The highest BCUT2D eigenvalue weighted by Crippen LogP contribution is 2.29. The topological polar surface area (TPSA) is 81.4 Å². The molecule has 3 N–H and O–H groups in total. The normalized spacial score (nSPS) is 12.5. The largest absolute Gasteiger partial charge is 0.459 e. The molecule has 1 aromatic rings. The van der Waals surface area contributed by atoms with Crippen molar-refractivity contribution in [2.24, 2.45) is 5.73 Å². The van der Waals surface area contributed by atoms with Gasteiger partial charge in [-0.1, -0.05) is 12.1 Å². The molecular formula is C14H17F3N2O3S. The average Bonchev–Trinajstić information content (AvgIpc) is 2.48. The zero-order valence-corrected chi connectivity index (χ0v) is 13.2. The predicted molar refractivity (Wildman–Crippen MR) is 80.7 cm³/mol. The highest BCUT2D eigenvalue weighted by atomic mass is 32.2. The van der Waals surface area contributed by atoms with E-state index in [9.17, 15) is 22.8 Å². The van der Waals surface area contributed by atoms with E-state index < -0.39 is 29.8 Å². The summed E-state index contributed by atoms with van der Waals surface area (Å²) >= 11 is 1.49. The van der Waals surface area contributed by atoms with Gasteiger partial charge in [-0.25, -0.2) is 9.59 Å². The Morgan fingerprint density at radius 2 is 1.91 bits per heavy atom. The molecule has 1 rings (SSSR count). The Morgan fingerprint density at radius 3 is 2.39 bits per heavy atom. The van der Waals surface area contributed by atoms with Crippen molar-refractivity contribution in [3.05, 3.63) is 35.4 Å². The first-order valence-electron chi connectivity index (χ1n) is 6.61. The molecule has 0 aliphatic rings. The average molecular weight is 350 g/mol. The summed E-state index contributed by atoms with van der Waals surface area (Å²) in [5.74, 6) is -0.0712. The van der Waals surface area contributed by atoms with Gasteiger partial charge in [-0.15, -0.1) is 0 Å². The molecule has 9 heteroatoms. The number of primary amides is 1. The Morgan fingerprint density at radius 1 is 1.30 bits per heavy atom. The number of nitrogens with two attached hydrogens (primary N) is 1. The summed E-state index contributed by atoms with van der Waals surface area (Å²) in [5, 5.41) is 2.28. The van der Waals surface area contributed by atoms with Crippen LogP contribution in [0.4, 0.5) is 18.0 Å². The smallest absolute Gasteiger partial charge is 0.416 e. The third-order valence-corrected chi connectivity index (χ3v) is 3.52. The number of ether oxygens (including phenoxy) is 1. The maximum absolute atomic E-state index is 12.4. The van der Waals surface area contributed by atoms with Crippen LogP contribution in [-0.4, -0.2) is 30.1 Å². The van der Waals surface area contributed by atoms with Gasteiger partial charge in [0.15, 0.2) is 0 Å². The maximum Gasteiger partial charge on any atom is 0.416 e. The molecule has 0 saturated carbocycles. The van der Waals surface area contributed by atoms with Gasteiger partial charge >= 0.3 is 18.2 Å². The Labute approximate surface area is 135 Å². The monoisotopic (exact) mass is 350 g/mol. The maximum atomic E-state index is 12.4. The van der Waals surface area contributed by atoms with Crippen molar-refractivity contribution in [1.29, 1.82) is 0 Å². The Bertz CT molecular complexity index is 535. The molecule has 0 fully saturated rings. The third-order valence-electron chi connectivity index (χ3n) is 2.87. The van der Waals surface area contributed by atoms with Crippen LogP contribution < -0.4 is 11.1 Å². The fourth-order valence-electron chi connectivity index (χ4n) is 1.70. The van der Waals surface area contributed by atoms with Crippen LogP contribution in [0.5, 0.6) is 0 Å². The molecule has 5 nitrogen and oxygen atoms in total. The van der Waals surface area contributed by atoms with Gasteiger partial charge in [0.1, 0.15) is 12.6 Å². The van der Waals surface area contributed by atoms with E-state index >= 15 is 0 Å². The van der Waals surface area contributed by atoms with Crippen LogP contribution in [-0.2, 0) is 22.3 Å². The van der Waals surface area contributed by atoms with E-state index in [1.807, 2.05) is 6.26 Å². The number of carbonyl (C=O) groups excluding carboxylic acids is 2. The van der Waals surface area contributed by atoms with Crippen LogP contribution in [0, 0.1) is 0 Å². The number of urea groups is 1. The molecule has 23 heavy (non-hydrogen) atoms. The number of halogens is 3. The van der Waals surface area contributed by atoms with Crippen LogP contribution in [0.2, 0.25) is 0 Å². The molecule has 0 saturated heterocycles. The molecule has 2 amide bonds. The number of hydrogen-bond donors (Lipinski definition) is 2. The lowest BCUT2D eigenvalue weighted by molar-refractivity contribution is -0.147. The van der Waals surface area contributed by atoms with E-state index in [2.05, 4.69) is 5.32 Å². The van der Waals surface area contributed by atoms with Crippen molar-refractivity contribution < 1.29 is 27.5 Å². The predicted octanol–water partition coefficient (Wildman–Crippen LogP) is 2.54. The number of alkyl halides is 3. The second kappa shape index (κ2) is 8.66. The van der Waals surface area contributed by atoms with E-state index in [-0.39, 0.29) is 6.61 Å². The van der Waals surface area contributed by atoms with Crippen LogP contribution in [0.3, 0.4) is 0 Å². The fourth-order valence-corrected chi connectivity index (χ4v) is 2.17. The van der Waals surface area contributed by atoms with Gasteiger partial charge in [0.25, 0.3) is 0 Å². The Kier molecular flexibility index (Phi) is 7.21. The molecule has 0 spiro atoms. The summed E-state index contributed by atoms with van der Waals surface area (Å²) in [6.45, 7) is -0.187. The zero-order valence-electron chi connectivity index (χ0n) is 12.4. The van der Waals surface area contributed by atoms with Gasteiger partial charge in [-0.2, -0.15) is 24.9 Å². The van der Waals surface area contributed by atoms with Gasteiger partial charge in [0.05, 0.1) is 5.56 Å². The number of esters is 1. The molecule has 0 heterocycles. The highest BCUT2D eigenvalue weighted by molar-refractivity contribution is 7.98. The van der Waals surface area contributed by atoms with Crippen LogP contribution in [0.1, 0.15) is 17.5 Å². The minimum absolute atomic E-state index is 0.187. The Hall–Kier alpha value is -1.90. The SMILES string of the molecule is CSCC[C@H](NC(N)=O)C(=O)OCc1ccc(C(F)(F)F)cc1. The zero-order chi connectivity index (χ0) is 17.5. The highest BCUT2D eigenvalue weighted by Gasteiger charge is 2.30. The van der Waals surface area contributed by atoms with Crippen LogP contribution >= 0.6 is 11.8 Å². The van der Waals surface area contributed by atoms with Gasteiger partial charge in [-0.3, -0.25) is 0 Å². The molecule has 1 aromatic carbocycles. The first-order valence-corrected chi connectivity index (χ1v) is 8.01. The van der Waals surface area contributed by atoms with E-state index in [1.54, 1.807) is 0 Å². The van der Waals surface area contributed by atoms with E-state index in [0.29, 0.717) is 17.7 Å². The summed E-state index contributed by atoms with van der Waals surface area (Å²) in [4.78, 5) is 22.8. The molecule has 0 aliphatic carbocycles. The number of nitrogens with one attached hydrogen (secondary N) is 1. The standard InChI is InChI=1S/C14H17F3N2O3S/c1-23-7-6-11(19-13(18)21)12(20)22-8-9-2-4-10(5-3-9)14(15,16)17/h2-5,11H,6-8H2,1H3,(H3,18,19,21)/t11-/m0/s1. The van der Waals surface area contributed by atoms with Gasteiger partial charge in [0, 0.05) is 0 Å². The number of amides is 2. The molecule has 0 aromatic heterocycles. The minimum atomic E-state index is -4.41. The van der Waals surface area contributed by atoms with Crippen LogP contribution in [0.25, 0.3) is 0 Å². The number of rotatable bonds is 7. The molecule has 0 unspecified atom stereocenters. The van der Waals surface area contributed by atoms with Crippen molar-refractivity contribution in [3.8, 4) is 0 Å². The minimum Gasteiger partial charge on any atom is -0.459 e. The lowest BCUT2D eigenvalue weighted by Crippen LogP contribution is -2.44. The number of thioether (sulfide) groups is 1. The van der Waals surface area contributed by atoms with Crippen molar-refractivity contribution in [2.45, 2.75) is 25.2 Å². The quantitative estimate of drug-likeness (QED) is 0.741. The first kappa shape index (κ1) is 19.1. The van der Waals surface area contributed by atoms with E-state index in [4.69, 9.17) is 10.5 Å². The lowest BCUT2D eigenvalue weighted by atomic mass is 10.1. The lowest BCUT2D eigenvalue weighted by Gasteiger charge is -2.16. The summed E-state index contributed by atoms with van der Waals surface area (Å²) in [6.07, 6.45) is -2.23. The molecule has 0 radical (unpaired) electrons. The number of hydrogen-bond acceptors (Lipinski definition) is 4. The summed E-state index contributed by atoms with van der Waals surface area (Å²) < 4.78 is 42.3. The van der Waals surface area contributed by atoms with Crippen molar-refractivity contribution in [3.63, 3.8) is 0 Å². The summed E-state index contributed by atoms with van der Waals surface area (Å²) in [7, 11) is 0. The van der Waals surface area contributed by atoms with E-state index in [1.165, 1.54) is 23.9 Å². The Balaban J connectivity index is 2.60. The van der Waals surface area contributed by atoms with Gasteiger partial charge in [0.2, 0.25) is 0 Å². The summed E-state index contributed by atoms with van der Waals surface area (Å²) in [6, 6.07) is 2.56. The number of carbonyl (C=O) groups is 2. The molecule has 0 aliphatic heterocycles. The first-order chi connectivity index (χ1) is 10.7. The third kappa shape index (κ3) is 6.81. The van der Waals surface area contributed by atoms with Crippen molar-refractivity contribution >= 4 is 23.8 Å². The van der Waals surface area contributed by atoms with E-state index in [0.717, 1.165) is 12.1 Å². The number of benzene rings is 1. The molecule has 128 valence electrons. The second-order valence-corrected chi connectivity index (χ2v) is 5.63. The van der Waals surface area contributed by atoms with Gasteiger partial charge < -0.3 is 15.8 Å². The van der Waals surface area contributed by atoms with Crippen molar-refractivity contribution in [2.75, 3.05) is 12.0 Å². The second-order valence-electron chi connectivity index (χ2n) is 4.65. The fraction of sp³-hybridized carbons (Fsp3) is 0.429. The van der Waals surface area contributed by atoms with Crippen LogP contribution in [0.15, 0.2) is 24.3 Å². The molecular weight excluding hydrogens is 333 g/mol. The van der Waals surface area contributed by atoms with Crippen molar-refractivity contribution in [1.82, 2.24) is 5.32 Å². The molecule has 1 atom stereocenters. The van der Waals surface area contributed by atoms with Gasteiger partial charge in [-0.05, 0) is 36.1 Å². The summed E-state index contributed by atoms with van der Waals surface area (Å²) in [5.41, 5.74) is 4.63. The molecule has 0 bridgehead atoms.